The Balaban J connectivity index is 2.34. The van der Waals surface area contributed by atoms with Crippen molar-refractivity contribution in [2.24, 2.45) is 0 Å². The summed E-state index contributed by atoms with van der Waals surface area (Å²) in [4.78, 5) is 0. The lowest BCUT2D eigenvalue weighted by Crippen LogP contribution is -2.29. The van der Waals surface area contributed by atoms with Gasteiger partial charge in [0, 0.05) is 3.92 Å². The standard InChI is InChI=1S/C7H13IO/c1-5-3-7(8)4-6(2)9-5/h5-7H,3-4H2,1-2H3/t5-,6+,7?. The molecule has 1 rings (SSSR count). The van der Waals surface area contributed by atoms with Crippen LogP contribution in [0, 0.1) is 0 Å². The molecule has 0 spiro atoms. The minimum absolute atomic E-state index is 0.482. The number of rotatable bonds is 0. The van der Waals surface area contributed by atoms with E-state index in [1.54, 1.807) is 0 Å². The molecule has 1 heterocycles. The zero-order valence-corrected chi connectivity index (χ0v) is 8.09. The molecule has 1 unspecified atom stereocenters. The van der Waals surface area contributed by atoms with Gasteiger partial charge in [-0.2, -0.15) is 0 Å². The smallest absolute Gasteiger partial charge is 0.0560 e. The van der Waals surface area contributed by atoms with Crippen molar-refractivity contribution in [1.82, 2.24) is 0 Å². The molecule has 1 fully saturated rings. The van der Waals surface area contributed by atoms with Gasteiger partial charge in [-0.3, -0.25) is 0 Å². The monoisotopic (exact) mass is 240 g/mol. The summed E-state index contributed by atoms with van der Waals surface area (Å²) in [6.07, 6.45) is 3.42. The van der Waals surface area contributed by atoms with E-state index < -0.39 is 0 Å². The molecule has 0 aromatic heterocycles. The van der Waals surface area contributed by atoms with Crippen molar-refractivity contribution in [3.05, 3.63) is 0 Å². The van der Waals surface area contributed by atoms with Crippen LogP contribution in [0.2, 0.25) is 0 Å². The highest BCUT2D eigenvalue weighted by Crippen LogP contribution is 2.24. The highest BCUT2D eigenvalue weighted by Gasteiger charge is 2.21. The van der Waals surface area contributed by atoms with E-state index in [4.69, 9.17) is 4.74 Å². The molecule has 9 heavy (non-hydrogen) atoms. The van der Waals surface area contributed by atoms with Gasteiger partial charge in [0.1, 0.15) is 0 Å². The molecule has 1 aliphatic heterocycles. The highest BCUT2D eigenvalue weighted by atomic mass is 127. The van der Waals surface area contributed by atoms with E-state index in [9.17, 15) is 0 Å². The van der Waals surface area contributed by atoms with Gasteiger partial charge < -0.3 is 4.74 Å². The van der Waals surface area contributed by atoms with E-state index in [-0.39, 0.29) is 0 Å². The van der Waals surface area contributed by atoms with Crippen LogP contribution >= 0.6 is 22.6 Å². The van der Waals surface area contributed by atoms with Crippen LogP contribution in [0.15, 0.2) is 0 Å². The lowest BCUT2D eigenvalue weighted by Gasteiger charge is -2.28. The molecule has 1 nitrogen and oxygen atoms in total. The Kier molecular flexibility index (Phi) is 2.76. The first-order chi connectivity index (χ1) is 4.18. The van der Waals surface area contributed by atoms with Gasteiger partial charge in [0.2, 0.25) is 0 Å². The number of alkyl halides is 1. The van der Waals surface area contributed by atoms with E-state index in [0.717, 1.165) is 3.92 Å². The second-order valence-corrected chi connectivity index (χ2v) is 4.59. The van der Waals surface area contributed by atoms with Gasteiger partial charge in [0.05, 0.1) is 12.2 Å². The third-order valence-corrected chi connectivity index (χ3v) is 2.66. The number of halogens is 1. The van der Waals surface area contributed by atoms with Crippen LogP contribution in [0.4, 0.5) is 0 Å². The van der Waals surface area contributed by atoms with Crippen LogP contribution in [0.5, 0.6) is 0 Å². The van der Waals surface area contributed by atoms with Crippen LogP contribution < -0.4 is 0 Å². The molecule has 1 aliphatic rings. The molecule has 0 aromatic rings. The first kappa shape index (κ1) is 7.79. The van der Waals surface area contributed by atoms with Crippen LogP contribution in [-0.4, -0.2) is 16.1 Å². The first-order valence-electron chi connectivity index (χ1n) is 3.48. The summed E-state index contributed by atoms with van der Waals surface area (Å²) in [5.74, 6) is 0. The largest absolute Gasteiger partial charge is 0.375 e. The highest BCUT2D eigenvalue weighted by molar-refractivity contribution is 14.1. The molecule has 0 bridgehead atoms. The second kappa shape index (κ2) is 3.19. The zero-order chi connectivity index (χ0) is 6.85. The molecule has 54 valence electrons. The molecule has 1 saturated heterocycles. The van der Waals surface area contributed by atoms with E-state index in [0.29, 0.717) is 12.2 Å². The summed E-state index contributed by atoms with van der Waals surface area (Å²) in [6.45, 7) is 4.31. The maximum Gasteiger partial charge on any atom is 0.0560 e. The molecule has 0 amide bonds. The Morgan fingerprint density at radius 2 is 1.67 bits per heavy atom. The molecular formula is C7H13IO. The SMILES string of the molecule is C[C@@H]1CC(I)C[C@H](C)O1. The number of hydrogen-bond acceptors (Lipinski definition) is 1. The number of hydrogen-bond donors (Lipinski definition) is 0. The molecule has 2 heteroatoms. The van der Waals surface area contributed by atoms with Gasteiger partial charge >= 0.3 is 0 Å². The summed E-state index contributed by atoms with van der Waals surface area (Å²) >= 11 is 2.51. The lowest BCUT2D eigenvalue weighted by molar-refractivity contribution is -0.0245. The quantitative estimate of drug-likeness (QED) is 0.466. The third kappa shape index (κ3) is 2.42. The van der Waals surface area contributed by atoms with Crippen molar-refractivity contribution in [3.8, 4) is 0 Å². The summed E-state index contributed by atoms with van der Waals surface area (Å²) in [6, 6.07) is 0. The topological polar surface area (TPSA) is 9.23 Å². The summed E-state index contributed by atoms with van der Waals surface area (Å²) in [5, 5.41) is 0. The fourth-order valence-corrected chi connectivity index (χ4v) is 2.76. The van der Waals surface area contributed by atoms with Gasteiger partial charge in [-0.1, -0.05) is 22.6 Å². The normalized spacial score (nSPS) is 45.0. The zero-order valence-electron chi connectivity index (χ0n) is 5.93. The Morgan fingerprint density at radius 1 is 1.22 bits per heavy atom. The van der Waals surface area contributed by atoms with Gasteiger partial charge in [-0.25, -0.2) is 0 Å². The van der Waals surface area contributed by atoms with Gasteiger partial charge in [0.15, 0.2) is 0 Å². The Labute approximate surface area is 70.3 Å². The number of ether oxygens (including phenoxy) is 1. The van der Waals surface area contributed by atoms with Gasteiger partial charge in [-0.15, -0.1) is 0 Å². The van der Waals surface area contributed by atoms with Crippen LogP contribution in [0.25, 0.3) is 0 Å². The predicted molar refractivity (Wildman–Crippen MR) is 47.1 cm³/mol. The van der Waals surface area contributed by atoms with Crippen molar-refractivity contribution in [2.75, 3.05) is 0 Å². The summed E-state index contributed by atoms with van der Waals surface area (Å²) < 4.78 is 6.39. The van der Waals surface area contributed by atoms with Gasteiger partial charge in [0.25, 0.3) is 0 Å². The maximum atomic E-state index is 5.55. The van der Waals surface area contributed by atoms with Crippen LogP contribution in [0.3, 0.4) is 0 Å². The second-order valence-electron chi connectivity index (χ2n) is 2.83. The average molecular weight is 240 g/mol. The van der Waals surface area contributed by atoms with E-state index in [2.05, 4.69) is 36.4 Å². The van der Waals surface area contributed by atoms with Crippen molar-refractivity contribution in [1.29, 1.82) is 0 Å². The minimum atomic E-state index is 0.482. The molecule has 3 atom stereocenters. The molecular weight excluding hydrogens is 227 g/mol. The van der Waals surface area contributed by atoms with E-state index >= 15 is 0 Å². The molecule has 0 radical (unpaired) electrons. The van der Waals surface area contributed by atoms with Gasteiger partial charge in [-0.05, 0) is 26.7 Å². The van der Waals surface area contributed by atoms with Crippen molar-refractivity contribution < 1.29 is 4.74 Å². The first-order valence-corrected chi connectivity index (χ1v) is 4.72. The molecule has 0 N–H and O–H groups in total. The predicted octanol–water partition coefficient (Wildman–Crippen LogP) is 2.38. The average Bonchev–Trinajstić information content (AvgIpc) is 1.59. The Bertz CT molecular complexity index is 69.9. The molecule has 0 aromatic carbocycles. The van der Waals surface area contributed by atoms with Crippen molar-refractivity contribution in [3.63, 3.8) is 0 Å². The Hall–Kier alpha value is 0.690. The fraction of sp³-hybridized carbons (Fsp3) is 1.00. The van der Waals surface area contributed by atoms with E-state index in [1.807, 2.05) is 0 Å². The Morgan fingerprint density at radius 3 is 2.00 bits per heavy atom. The summed E-state index contributed by atoms with van der Waals surface area (Å²) in [5.41, 5.74) is 0. The van der Waals surface area contributed by atoms with Crippen molar-refractivity contribution in [2.45, 2.75) is 42.8 Å². The van der Waals surface area contributed by atoms with Crippen LogP contribution in [-0.2, 0) is 4.74 Å². The molecule has 0 saturated carbocycles. The summed E-state index contributed by atoms with van der Waals surface area (Å²) in [7, 11) is 0. The lowest BCUT2D eigenvalue weighted by atomic mass is 10.1. The van der Waals surface area contributed by atoms with Crippen molar-refractivity contribution >= 4 is 22.6 Å². The van der Waals surface area contributed by atoms with Crippen LogP contribution in [0.1, 0.15) is 26.7 Å². The van der Waals surface area contributed by atoms with E-state index in [1.165, 1.54) is 12.8 Å². The molecule has 0 aliphatic carbocycles. The third-order valence-electron chi connectivity index (χ3n) is 1.64. The minimum Gasteiger partial charge on any atom is -0.375 e. The fourth-order valence-electron chi connectivity index (χ4n) is 1.32. The maximum absolute atomic E-state index is 5.55.